The fourth-order valence-corrected chi connectivity index (χ4v) is 3.42. The number of carbonyl (C=O) groups excluding carboxylic acids is 1. The van der Waals surface area contributed by atoms with E-state index in [2.05, 4.69) is 20.8 Å². The summed E-state index contributed by atoms with van der Waals surface area (Å²) in [5.74, 6) is 0.435. The third-order valence-corrected chi connectivity index (χ3v) is 5.17. The van der Waals surface area contributed by atoms with Gasteiger partial charge in [0.2, 0.25) is 0 Å². The smallest absolute Gasteiger partial charge is 0.263 e. The minimum Gasteiger partial charge on any atom is -0.481 e. The number of hydrogen-bond acceptors (Lipinski definition) is 3. The van der Waals surface area contributed by atoms with Crippen molar-refractivity contribution in [3.05, 3.63) is 59.9 Å². The Morgan fingerprint density at radius 3 is 2.18 bits per heavy atom. The van der Waals surface area contributed by atoms with E-state index >= 15 is 0 Å². The summed E-state index contributed by atoms with van der Waals surface area (Å²) < 4.78 is 19.8. The Hall–Kier alpha value is -2.56. The third kappa shape index (κ3) is 4.64. The topological polar surface area (TPSA) is 32.8 Å². The fourth-order valence-electron chi connectivity index (χ4n) is 3.42. The van der Waals surface area contributed by atoms with Crippen molar-refractivity contribution in [1.29, 1.82) is 0 Å². The second-order valence-corrected chi connectivity index (χ2v) is 8.30. The van der Waals surface area contributed by atoms with Gasteiger partial charge in [0.05, 0.1) is 5.69 Å². The first kappa shape index (κ1) is 20.2. The standard InChI is InChI=1S/C23H29FN2O2/c1-17(28-19-11-9-18(10-12-19)23(2,3)4)22(27)26-15-13-25(14-16-26)21-8-6-5-7-20(21)24/h5-12,17H,13-16H2,1-4H3/t17-/m0/s1. The van der Waals surface area contributed by atoms with Gasteiger partial charge in [0.15, 0.2) is 6.10 Å². The summed E-state index contributed by atoms with van der Waals surface area (Å²) in [5.41, 5.74) is 1.90. The average molecular weight is 384 g/mol. The van der Waals surface area contributed by atoms with Crippen LogP contribution >= 0.6 is 0 Å². The number of halogens is 1. The lowest BCUT2D eigenvalue weighted by Crippen LogP contribution is -2.52. The van der Waals surface area contributed by atoms with Crippen LogP contribution in [0.3, 0.4) is 0 Å². The number of benzene rings is 2. The van der Waals surface area contributed by atoms with E-state index in [1.165, 1.54) is 11.6 Å². The summed E-state index contributed by atoms with van der Waals surface area (Å²) in [6, 6.07) is 14.7. The number of piperazine rings is 1. The molecule has 1 amide bonds. The first-order chi connectivity index (χ1) is 13.3. The van der Waals surface area contributed by atoms with Crippen molar-refractivity contribution in [3.63, 3.8) is 0 Å². The van der Waals surface area contributed by atoms with Gasteiger partial charge in [-0.05, 0) is 42.2 Å². The van der Waals surface area contributed by atoms with Crippen LogP contribution in [0.25, 0.3) is 0 Å². The lowest BCUT2D eigenvalue weighted by Gasteiger charge is -2.37. The largest absolute Gasteiger partial charge is 0.481 e. The van der Waals surface area contributed by atoms with Crippen molar-refractivity contribution in [3.8, 4) is 5.75 Å². The predicted molar refractivity (Wildman–Crippen MR) is 110 cm³/mol. The molecule has 0 radical (unpaired) electrons. The number of anilines is 1. The number of hydrogen-bond donors (Lipinski definition) is 0. The van der Waals surface area contributed by atoms with E-state index in [0.717, 1.165) is 0 Å². The van der Waals surface area contributed by atoms with Crippen LogP contribution in [-0.2, 0) is 10.2 Å². The van der Waals surface area contributed by atoms with Crippen LogP contribution in [0.5, 0.6) is 5.75 Å². The van der Waals surface area contributed by atoms with Crippen molar-refractivity contribution in [1.82, 2.24) is 4.90 Å². The van der Waals surface area contributed by atoms with Crippen LogP contribution in [0.4, 0.5) is 10.1 Å². The molecular weight excluding hydrogens is 355 g/mol. The van der Waals surface area contributed by atoms with Gasteiger partial charge in [-0.3, -0.25) is 4.79 Å². The Balaban J connectivity index is 1.55. The van der Waals surface area contributed by atoms with E-state index in [1.807, 2.05) is 35.2 Å². The average Bonchev–Trinajstić information content (AvgIpc) is 2.67. The summed E-state index contributed by atoms with van der Waals surface area (Å²) >= 11 is 0. The quantitative estimate of drug-likeness (QED) is 0.790. The number of nitrogens with zero attached hydrogens (tertiary/aromatic N) is 2. The summed E-state index contributed by atoms with van der Waals surface area (Å²) in [6.07, 6.45) is -0.555. The van der Waals surface area contributed by atoms with Crippen molar-refractivity contribution >= 4 is 11.6 Å². The minimum atomic E-state index is -0.555. The van der Waals surface area contributed by atoms with Crippen LogP contribution in [0.15, 0.2) is 48.5 Å². The molecule has 1 saturated heterocycles. The van der Waals surface area contributed by atoms with Gasteiger partial charge in [0.25, 0.3) is 5.91 Å². The molecule has 0 aliphatic carbocycles. The minimum absolute atomic E-state index is 0.0342. The number of carbonyl (C=O) groups is 1. The Morgan fingerprint density at radius 2 is 1.61 bits per heavy atom. The zero-order chi connectivity index (χ0) is 20.3. The molecule has 0 spiro atoms. The summed E-state index contributed by atoms with van der Waals surface area (Å²) in [4.78, 5) is 16.5. The molecule has 28 heavy (non-hydrogen) atoms. The Morgan fingerprint density at radius 1 is 1.00 bits per heavy atom. The summed E-state index contributed by atoms with van der Waals surface area (Å²) in [6.45, 7) is 10.6. The van der Waals surface area contributed by atoms with E-state index in [-0.39, 0.29) is 17.1 Å². The lowest BCUT2D eigenvalue weighted by molar-refractivity contribution is -0.138. The van der Waals surface area contributed by atoms with Crippen molar-refractivity contribution in [2.75, 3.05) is 31.1 Å². The van der Waals surface area contributed by atoms with Crippen LogP contribution < -0.4 is 9.64 Å². The van der Waals surface area contributed by atoms with E-state index in [9.17, 15) is 9.18 Å². The second kappa shape index (κ2) is 8.21. The number of rotatable bonds is 4. The van der Waals surface area contributed by atoms with Gasteiger partial charge in [0.1, 0.15) is 11.6 Å². The van der Waals surface area contributed by atoms with Gasteiger partial charge < -0.3 is 14.5 Å². The molecule has 5 heteroatoms. The number of ether oxygens (including phenoxy) is 1. The third-order valence-electron chi connectivity index (χ3n) is 5.17. The van der Waals surface area contributed by atoms with Gasteiger partial charge in [-0.15, -0.1) is 0 Å². The maximum absolute atomic E-state index is 14.0. The molecule has 0 bridgehead atoms. The fraction of sp³-hybridized carbons (Fsp3) is 0.435. The molecule has 0 aromatic heterocycles. The van der Waals surface area contributed by atoms with Crippen molar-refractivity contribution in [2.45, 2.75) is 39.2 Å². The maximum Gasteiger partial charge on any atom is 0.263 e. The molecule has 2 aromatic carbocycles. The monoisotopic (exact) mass is 384 g/mol. The highest BCUT2D eigenvalue weighted by molar-refractivity contribution is 5.81. The normalized spacial score (nSPS) is 16.0. The molecule has 1 atom stereocenters. The highest BCUT2D eigenvalue weighted by Gasteiger charge is 2.27. The Bertz CT molecular complexity index is 806. The molecule has 0 N–H and O–H groups in total. The molecule has 1 aliphatic rings. The Kier molecular flexibility index (Phi) is 5.92. The van der Waals surface area contributed by atoms with Gasteiger partial charge in [-0.1, -0.05) is 45.0 Å². The predicted octanol–water partition coefficient (Wildman–Crippen LogP) is 4.24. The second-order valence-electron chi connectivity index (χ2n) is 8.30. The zero-order valence-corrected chi connectivity index (χ0v) is 17.1. The van der Waals surface area contributed by atoms with Crippen LogP contribution in [0.1, 0.15) is 33.3 Å². The molecule has 1 heterocycles. The van der Waals surface area contributed by atoms with Gasteiger partial charge in [-0.25, -0.2) is 4.39 Å². The first-order valence-corrected chi connectivity index (χ1v) is 9.81. The maximum atomic E-state index is 14.0. The van der Waals surface area contributed by atoms with Gasteiger partial charge in [0, 0.05) is 26.2 Å². The zero-order valence-electron chi connectivity index (χ0n) is 17.1. The SMILES string of the molecule is C[C@H](Oc1ccc(C(C)(C)C)cc1)C(=O)N1CCN(c2ccccc2F)CC1. The van der Waals surface area contributed by atoms with Gasteiger partial charge in [-0.2, -0.15) is 0 Å². The van der Waals surface area contributed by atoms with Crippen molar-refractivity contribution in [2.24, 2.45) is 0 Å². The number of amides is 1. The summed E-state index contributed by atoms with van der Waals surface area (Å²) in [7, 11) is 0. The van der Waals surface area contributed by atoms with Crippen LogP contribution in [-0.4, -0.2) is 43.1 Å². The molecule has 1 aliphatic heterocycles. The lowest BCUT2D eigenvalue weighted by atomic mass is 9.87. The highest BCUT2D eigenvalue weighted by atomic mass is 19.1. The van der Waals surface area contributed by atoms with E-state index in [4.69, 9.17) is 4.74 Å². The van der Waals surface area contributed by atoms with Crippen LogP contribution in [0.2, 0.25) is 0 Å². The first-order valence-electron chi connectivity index (χ1n) is 9.81. The number of para-hydroxylation sites is 1. The molecule has 0 unspecified atom stereocenters. The molecule has 2 aromatic rings. The van der Waals surface area contributed by atoms with E-state index in [0.29, 0.717) is 37.6 Å². The molecular formula is C23H29FN2O2. The van der Waals surface area contributed by atoms with E-state index in [1.54, 1.807) is 24.0 Å². The molecule has 0 saturated carbocycles. The van der Waals surface area contributed by atoms with E-state index < -0.39 is 6.10 Å². The summed E-state index contributed by atoms with van der Waals surface area (Å²) in [5, 5.41) is 0. The molecule has 150 valence electrons. The Labute approximate surface area is 166 Å². The molecule has 1 fully saturated rings. The van der Waals surface area contributed by atoms with Gasteiger partial charge >= 0.3 is 0 Å². The highest BCUT2D eigenvalue weighted by Crippen LogP contribution is 2.25. The molecule has 3 rings (SSSR count). The molecule has 4 nitrogen and oxygen atoms in total. The van der Waals surface area contributed by atoms with Crippen LogP contribution in [0, 0.1) is 5.82 Å². The van der Waals surface area contributed by atoms with Crippen molar-refractivity contribution < 1.29 is 13.9 Å².